The van der Waals surface area contributed by atoms with E-state index in [0.29, 0.717) is 6.61 Å². The van der Waals surface area contributed by atoms with Gasteiger partial charge in [-0.15, -0.1) is 11.8 Å². The zero-order valence-electron chi connectivity index (χ0n) is 11.6. The molecule has 0 radical (unpaired) electrons. The molecule has 0 atom stereocenters. The average molecular weight is 401 g/mol. The first-order valence-electron chi connectivity index (χ1n) is 6.07. The zero-order chi connectivity index (χ0) is 14.5. The monoisotopic (exact) mass is 401 g/mol. The highest BCUT2D eigenvalue weighted by Crippen LogP contribution is 2.25. The molecule has 106 valence electrons. The predicted octanol–water partition coefficient (Wildman–Crippen LogP) is 3.66. The van der Waals surface area contributed by atoms with E-state index in [0.717, 1.165) is 26.5 Å². The van der Waals surface area contributed by atoms with Crippen LogP contribution in [0, 0.1) is 3.57 Å². The molecule has 0 spiro atoms. The van der Waals surface area contributed by atoms with Crippen LogP contribution in [0.15, 0.2) is 29.2 Å². The number of aromatic nitrogens is 2. The number of hydrogen-bond donors (Lipinski definition) is 1. The molecule has 1 heterocycles. The summed E-state index contributed by atoms with van der Waals surface area (Å²) in [5.41, 5.74) is 1.91. The number of ether oxygens (including phenoxy) is 1. The van der Waals surface area contributed by atoms with E-state index in [-0.39, 0.29) is 0 Å². The van der Waals surface area contributed by atoms with Crippen molar-refractivity contribution in [3.8, 4) is 11.4 Å². The molecule has 0 saturated carbocycles. The van der Waals surface area contributed by atoms with Crippen LogP contribution in [-0.4, -0.2) is 30.4 Å². The summed E-state index contributed by atoms with van der Waals surface area (Å²) in [6, 6.07) is 8.25. The zero-order valence-corrected chi connectivity index (χ0v) is 14.6. The molecule has 0 aliphatic carbocycles. The molecule has 0 amide bonds. The Morgan fingerprint density at radius 2 is 1.95 bits per heavy atom. The van der Waals surface area contributed by atoms with Gasteiger partial charge in [0.1, 0.15) is 5.82 Å². The van der Waals surface area contributed by atoms with E-state index in [4.69, 9.17) is 4.74 Å². The highest BCUT2D eigenvalue weighted by Gasteiger charge is 2.12. The summed E-state index contributed by atoms with van der Waals surface area (Å²) in [4.78, 5) is 10.4. The number of thioether (sulfide) groups is 1. The standard InChI is InChI=1S/C14H16IN3OS/c1-16-14-12(15)11(8-19-2)17-13(18-14)9-4-6-10(20-3)7-5-9/h4-7H,8H2,1-3H3,(H,16,17,18). The van der Waals surface area contributed by atoms with Gasteiger partial charge in [-0.1, -0.05) is 12.1 Å². The van der Waals surface area contributed by atoms with Crippen molar-refractivity contribution in [2.24, 2.45) is 0 Å². The average Bonchev–Trinajstić information content (AvgIpc) is 2.49. The van der Waals surface area contributed by atoms with E-state index < -0.39 is 0 Å². The number of methoxy groups -OCH3 is 1. The fraction of sp³-hybridized carbons (Fsp3) is 0.286. The Kier molecular flexibility index (Phi) is 5.62. The van der Waals surface area contributed by atoms with Gasteiger partial charge in [0.25, 0.3) is 0 Å². The molecule has 0 unspecified atom stereocenters. The normalized spacial score (nSPS) is 10.6. The van der Waals surface area contributed by atoms with Crippen LogP contribution in [0.1, 0.15) is 5.69 Å². The van der Waals surface area contributed by atoms with Crippen LogP contribution in [0.5, 0.6) is 0 Å². The van der Waals surface area contributed by atoms with Gasteiger partial charge in [-0.05, 0) is 41.0 Å². The van der Waals surface area contributed by atoms with Gasteiger partial charge in [-0.3, -0.25) is 0 Å². The van der Waals surface area contributed by atoms with Gasteiger partial charge in [0, 0.05) is 24.6 Å². The van der Waals surface area contributed by atoms with Gasteiger partial charge in [-0.25, -0.2) is 9.97 Å². The van der Waals surface area contributed by atoms with Crippen molar-refractivity contribution in [2.75, 3.05) is 25.7 Å². The topological polar surface area (TPSA) is 47.0 Å². The van der Waals surface area contributed by atoms with Crippen molar-refractivity contribution in [1.82, 2.24) is 9.97 Å². The molecule has 0 fully saturated rings. The predicted molar refractivity (Wildman–Crippen MR) is 92.2 cm³/mol. The molecule has 6 heteroatoms. The molecule has 1 aromatic carbocycles. The summed E-state index contributed by atoms with van der Waals surface area (Å²) < 4.78 is 6.21. The quantitative estimate of drug-likeness (QED) is 0.612. The molecule has 2 aromatic rings. The lowest BCUT2D eigenvalue weighted by atomic mass is 10.2. The Labute approximate surface area is 136 Å². The third-order valence-electron chi connectivity index (χ3n) is 2.79. The van der Waals surface area contributed by atoms with Crippen molar-refractivity contribution in [2.45, 2.75) is 11.5 Å². The van der Waals surface area contributed by atoms with Gasteiger partial charge in [0.05, 0.1) is 15.9 Å². The van der Waals surface area contributed by atoms with E-state index in [9.17, 15) is 0 Å². The lowest BCUT2D eigenvalue weighted by Crippen LogP contribution is -2.06. The molecule has 0 aliphatic rings. The van der Waals surface area contributed by atoms with Crippen LogP contribution in [-0.2, 0) is 11.3 Å². The van der Waals surface area contributed by atoms with E-state index in [1.807, 2.05) is 19.2 Å². The number of nitrogens with one attached hydrogen (secondary N) is 1. The van der Waals surface area contributed by atoms with E-state index in [2.05, 4.69) is 56.3 Å². The van der Waals surface area contributed by atoms with Crippen LogP contribution in [0.2, 0.25) is 0 Å². The van der Waals surface area contributed by atoms with Crippen LogP contribution < -0.4 is 5.32 Å². The van der Waals surface area contributed by atoms with Crippen molar-refractivity contribution in [1.29, 1.82) is 0 Å². The molecule has 0 saturated heterocycles. The lowest BCUT2D eigenvalue weighted by Gasteiger charge is -2.11. The summed E-state index contributed by atoms with van der Waals surface area (Å²) in [6.07, 6.45) is 2.06. The first-order valence-corrected chi connectivity index (χ1v) is 8.37. The van der Waals surface area contributed by atoms with Crippen LogP contribution in [0.4, 0.5) is 5.82 Å². The lowest BCUT2D eigenvalue weighted by molar-refractivity contribution is 0.181. The van der Waals surface area contributed by atoms with Crippen LogP contribution >= 0.6 is 34.4 Å². The summed E-state index contributed by atoms with van der Waals surface area (Å²) >= 11 is 3.96. The fourth-order valence-electron chi connectivity index (χ4n) is 1.76. The minimum Gasteiger partial charge on any atom is -0.378 e. The SMILES string of the molecule is CNc1nc(-c2ccc(SC)cc2)nc(COC)c1I. The molecule has 1 aromatic heterocycles. The van der Waals surface area contributed by atoms with Crippen LogP contribution in [0.3, 0.4) is 0 Å². The van der Waals surface area contributed by atoms with Crippen LogP contribution in [0.25, 0.3) is 11.4 Å². The first kappa shape index (κ1) is 15.5. The second-order valence-electron chi connectivity index (χ2n) is 4.07. The maximum Gasteiger partial charge on any atom is 0.161 e. The number of halogens is 1. The molecular formula is C14H16IN3OS. The van der Waals surface area contributed by atoms with Gasteiger partial charge >= 0.3 is 0 Å². The molecule has 0 bridgehead atoms. The largest absolute Gasteiger partial charge is 0.378 e. The molecule has 4 nitrogen and oxygen atoms in total. The Bertz CT molecular complexity index is 590. The van der Waals surface area contributed by atoms with Crippen molar-refractivity contribution < 1.29 is 4.74 Å². The Hall–Kier alpha value is -0.860. The van der Waals surface area contributed by atoms with E-state index >= 15 is 0 Å². The Morgan fingerprint density at radius 3 is 2.50 bits per heavy atom. The fourth-order valence-corrected chi connectivity index (χ4v) is 2.84. The number of hydrogen-bond acceptors (Lipinski definition) is 5. The van der Waals surface area contributed by atoms with Crippen molar-refractivity contribution >= 4 is 40.2 Å². The minimum absolute atomic E-state index is 0.478. The van der Waals surface area contributed by atoms with Crippen molar-refractivity contribution in [3.05, 3.63) is 33.5 Å². The maximum absolute atomic E-state index is 5.21. The maximum atomic E-state index is 5.21. The number of benzene rings is 1. The Morgan fingerprint density at radius 1 is 1.25 bits per heavy atom. The third-order valence-corrected chi connectivity index (χ3v) is 4.66. The number of anilines is 1. The highest BCUT2D eigenvalue weighted by molar-refractivity contribution is 14.1. The van der Waals surface area contributed by atoms with E-state index in [1.165, 1.54) is 4.90 Å². The molecule has 1 N–H and O–H groups in total. The molecule has 2 rings (SSSR count). The smallest absolute Gasteiger partial charge is 0.161 e. The molecular weight excluding hydrogens is 385 g/mol. The van der Waals surface area contributed by atoms with Crippen molar-refractivity contribution in [3.63, 3.8) is 0 Å². The Balaban J connectivity index is 2.46. The van der Waals surface area contributed by atoms with Gasteiger partial charge in [0.2, 0.25) is 0 Å². The number of rotatable bonds is 5. The minimum atomic E-state index is 0.478. The summed E-state index contributed by atoms with van der Waals surface area (Å²) in [6.45, 7) is 0.478. The summed E-state index contributed by atoms with van der Waals surface area (Å²) in [5, 5.41) is 3.11. The van der Waals surface area contributed by atoms with Gasteiger partial charge < -0.3 is 10.1 Å². The molecule has 0 aliphatic heterocycles. The first-order chi connectivity index (χ1) is 9.69. The number of nitrogens with zero attached hydrogens (tertiary/aromatic N) is 2. The van der Waals surface area contributed by atoms with E-state index in [1.54, 1.807) is 18.9 Å². The molecule has 20 heavy (non-hydrogen) atoms. The van der Waals surface area contributed by atoms with Gasteiger partial charge in [-0.2, -0.15) is 0 Å². The second kappa shape index (κ2) is 7.24. The third kappa shape index (κ3) is 3.42. The highest BCUT2D eigenvalue weighted by atomic mass is 127. The summed E-state index contributed by atoms with van der Waals surface area (Å²) in [5.74, 6) is 1.55. The second-order valence-corrected chi connectivity index (χ2v) is 6.03. The summed E-state index contributed by atoms with van der Waals surface area (Å²) in [7, 11) is 3.53. The van der Waals surface area contributed by atoms with Gasteiger partial charge in [0.15, 0.2) is 5.82 Å².